The van der Waals surface area contributed by atoms with Gasteiger partial charge in [-0.1, -0.05) is 25.3 Å². The van der Waals surface area contributed by atoms with Gasteiger partial charge in [-0.05, 0) is 43.4 Å². The number of rotatable bonds is 6. The Kier molecular flexibility index (Phi) is 5.52. The van der Waals surface area contributed by atoms with Crippen LogP contribution in [-0.4, -0.2) is 13.2 Å². The molecule has 0 atom stereocenters. The molecule has 3 heteroatoms. The maximum atomic E-state index is 5.96. The average molecular weight is 263 g/mol. The molecular formula is C16H25NO2. The van der Waals surface area contributed by atoms with Crippen LogP contribution in [0.5, 0.6) is 11.5 Å². The van der Waals surface area contributed by atoms with Gasteiger partial charge >= 0.3 is 0 Å². The van der Waals surface area contributed by atoms with Gasteiger partial charge in [0.05, 0.1) is 13.2 Å². The summed E-state index contributed by atoms with van der Waals surface area (Å²) in [6.07, 6.45) is 6.67. The molecule has 0 radical (unpaired) electrons. The van der Waals surface area contributed by atoms with Crippen LogP contribution in [0.25, 0.3) is 0 Å². The highest BCUT2D eigenvalue weighted by atomic mass is 16.5. The lowest BCUT2D eigenvalue weighted by molar-refractivity contribution is 0.199. The van der Waals surface area contributed by atoms with Crippen molar-refractivity contribution in [1.82, 2.24) is 0 Å². The summed E-state index contributed by atoms with van der Waals surface area (Å²) in [4.78, 5) is 0. The maximum Gasteiger partial charge on any atom is 0.161 e. The first-order chi connectivity index (χ1) is 9.33. The van der Waals surface area contributed by atoms with Crippen LogP contribution >= 0.6 is 0 Å². The van der Waals surface area contributed by atoms with Gasteiger partial charge in [0.2, 0.25) is 0 Å². The molecule has 106 valence electrons. The highest BCUT2D eigenvalue weighted by Gasteiger charge is 2.15. The number of hydrogen-bond donors (Lipinski definition) is 1. The topological polar surface area (TPSA) is 44.5 Å². The third kappa shape index (κ3) is 4.13. The van der Waals surface area contributed by atoms with Crippen LogP contribution in [0.2, 0.25) is 0 Å². The highest BCUT2D eigenvalue weighted by molar-refractivity contribution is 5.43. The standard InChI is InChI=1S/C16H25NO2/c1-2-18-16-10-14(11-17)8-9-15(16)19-12-13-6-4-3-5-7-13/h8-10,13H,2-7,11-12,17H2,1H3. The molecular weight excluding hydrogens is 238 g/mol. The molecule has 1 aromatic carbocycles. The summed E-state index contributed by atoms with van der Waals surface area (Å²) in [5.74, 6) is 2.38. The molecule has 1 aliphatic carbocycles. The molecule has 0 spiro atoms. The zero-order chi connectivity index (χ0) is 13.5. The molecule has 2 rings (SSSR count). The van der Waals surface area contributed by atoms with E-state index in [0.717, 1.165) is 23.7 Å². The fourth-order valence-corrected chi connectivity index (χ4v) is 2.63. The molecule has 1 aromatic rings. The minimum Gasteiger partial charge on any atom is -0.490 e. The summed E-state index contributed by atoms with van der Waals surface area (Å²) in [5, 5.41) is 0. The van der Waals surface area contributed by atoms with E-state index in [1.54, 1.807) is 0 Å². The lowest BCUT2D eigenvalue weighted by Crippen LogP contribution is -2.15. The van der Waals surface area contributed by atoms with Gasteiger partial charge in [0.15, 0.2) is 11.5 Å². The van der Waals surface area contributed by atoms with Crippen molar-refractivity contribution in [2.45, 2.75) is 45.6 Å². The minimum atomic E-state index is 0.531. The Labute approximate surface area is 116 Å². The SMILES string of the molecule is CCOc1cc(CN)ccc1OCC1CCCCC1. The Morgan fingerprint density at radius 1 is 1.11 bits per heavy atom. The van der Waals surface area contributed by atoms with E-state index >= 15 is 0 Å². The average Bonchev–Trinajstić information content (AvgIpc) is 2.47. The first kappa shape index (κ1) is 14.2. The first-order valence-electron chi connectivity index (χ1n) is 7.42. The zero-order valence-corrected chi connectivity index (χ0v) is 11.9. The van der Waals surface area contributed by atoms with Crippen LogP contribution in [0.3, 0.4) is 0 Å². The number of benzene rings is 1. The van der Waals surface area contributed by atoms with Crippen LogP contribution in [0, 0.1) is 5.92 Å². The van der Waals surface area contributed by atoms with Crippen molar-refractivity contribution in [2.24, 2.45) is 11.7 Å². The van der Waals surface area contributed by atoms with Crippen LogP contribution in [0.1, 0.15) is 44.6 Å². The van der Waals surface area contributed by atoms with E-state index in [4.69, 9.17) is 15.2 Å². The van der Waals surface area contributed by atoms with Crippen molar-refractivity contribution in [2.75, 3.05) is 13.2 Å². The number of nitrogens with two attached hydrogens (primary N) is 1. The molecule has 3 nitrogen and oxygen atoms in total. The van der Waals surface area contributed by atoms with E-state index in [1.807, 2.05) is 25.1 Å². The van der Waals surface area contributed by atoms with Crippen LogP contribution in [0.4, 0.5) is 0 Å². The molecule has 1 aliphatic rings. The maximum absolute atomic E-state index is 5.96. The molecule has 19 heavy (non-hydrogen) atoms. The van der Waals surface area contributed by atoms with Crippen molar-refractivity contribution < 1.29 is 9.47 Å². The monoisotopic (exact) mass is 263 g/mol. The third-order valence-electron chi connectivity index (χ3n) is 3.74. The van der Waals surface area contributed by atoms with Gasteiger partial charge in [0, 0.05) is 6.54 Å². The second-order valence-electron chi connectivity index (χ2n) is 5.23. The predicted molar refractivity (Wildman–Crippen MR) is 77.6 cm³/mol. The van der Waals surface area contributed by atoms with Gasteiger partial charge in [-0.2, -0.15) is 0 Å². The van der Waals surface area contributed by atoms with Crippen molar-refractivity contribution in [3.8, 4) is 11.5 Å². The molecule has 0 unspecified atom stereocenters. The minimum absolute atomic E-state index is 0.531. The van der Waals surface area contributed by atoms with Gasteiger partial charge in [-0.15, -0.1) is 0 Å². The number of hydrogen-bond acceptors (Lipinski definition) is 3. The summed E-state index contributed by atoms with van der Waals surface area (Å²) in [7, 11) is 0. The fourth-order valence-electron chi connectivity index (χ4n) is 2.63. The molecule has 0 aromatic heterocycles. The normalized spacial score (nSPS) is 16.3. The molecule has 0 saturated heterocycles. The lowest BCUT2D eigenvalue weighted by Gasteiger charge is -2.22. The molecule has 1 saturated carbocycles. The Morgan fingerprint density at radius 2 is 1.89 bits per heavy atom. The summed E-state index contributed by atoms with van der Waals surface area (Å²) >= 11 is 0. The van der Waals surface area contributed by atoms with E-state index < -0.39 is 0 Å². The molecule has 0 bridgehead atoms. The van der Waals surface area contributed by atoms with E-state index in [1.165, 1.54) is 32.1 Å². The molecule has 0 aliphatic heterocycles. The smallest absolute Gasteiger partial charge is 0.161 e. The fraction of sp³-hybridized carbons (Fsp3) is 0.625. The van der Waals surface area contributed by atoms with E-state index in [-0.39, 0.29) is 0 Å². The van der Waals surface area contributed by atoms with Crippen LogP contribution in [0.15, 0.2) is 18.2 Å². The van der Waals surface area contributed by atoms with Gasteiger partial charge < -0.3 is 15.2 Å². The van der Waals surface area contributed by atoms with Crippen molar-refractivity contribution in [3.05, 3.63) is 23.8 Å². The quantitative estimate of drug-likeness (QED) is 0.854. The van der Waals surface area contributed by atoms with Crippen molar-refractivity contribution in [3.63, 3.8) is 0 Å². The first-order valence-corrected chi connectivity index (χ1v) is 7.42. The van der Waals surface area contributed by atoms with E-state index in [0.29, 0.717) is 19.1 Å². The summed E-state index contributed by atoms with van der Waals surface area (Å²) < 4.78 is 11.6. The van der Waals surface area contributed by atoms with Crippen molar-refractivity contribution >= 4 is 0 Å². The van der Waals surface area contributed by atoms with E-state index in [9.17, 15) is 0 Å². The Morgan fingerprint density at radius 3 is 2.58 bits per heavy atom. The third-order valence-corrected chi connectivity index (χ3v) is 3.74. The Bertz CT molecular complexity index is 386. The number of ether oxygens (including phenoxy) is 2. The van der Waals surface area contributed by atoms with Gasteiger partial charge in [-0.25, -0.2) is 0 Å². The van der Waals surface area contributed by atoms with Gasteiger partial charge in [0.1, 0.15) is 0 Å². The molecule has 0 heterocycles. The summed E-state index contributed by atoms with van der Waals surface area (Å²) in [6.45, 7) is 3.97. The summed E-state index contributed by atoms with van der Waals surface area (Å²) in [6, 6.07) is 5.98. The Hall–Kier alpha value is -1.22. The molecule has 2 N–H and O–H groups in total. The van der Waals surface area contributed by atoms with Crippen molar-refractivity contribution in [1.29, 1.82) is 0 Å². The second-order valence-corrected chi connectivity index (χ2v) is 5.23. The van der Waals surface area contributed by atoms with E-state index in [2.05, 4.69) is 0 Å². The predicted octanol–water partition coefficient (Wildman–Crippen LogP) is 3.50. The molecule has 0 amide bonds. The van der Waals surface area contributed by atoms with Crippen LogP contribution in [-0.2, 0) is 6.54 Å². The highest BCUT2D eigenvalue weighted by Crippen LogP contribution is 2.30. The lowest BCUT2D eigenvalue weighted by atomic mass is 9.90. The van der Waals surface area contributed by atoms with Crippen LogP contribution < -0.4 is 15.2 Å². The zero-order valence-electron chi connectivity index (χ0n) is 11.9. The molecule has 1 fully saturated rings. The Balaban J connectivity index is 1.97. The van der Waals surface area contributed by atoms with Gasteiger partial charge in [-0.3, -0.25) is 0 Å². The second kappa shape index (κ2) is 7.39. The van der Waals surface area contributed by atoms with Gasteiger partial charge in [0.25, 0.3) is 0 Å². The largest absolute Gasteiger partial charge is 0.490 e. The summed E-state index contributed by atoms with van der Waals surface area (Å²) in [5.41, 5.74) is 6.74.